The van der Waals surface area contributed by atoms with E-state index in [1.165, 1.54) is 0 Å². The molecule has 0 atom stereocenters. The summed E-state index contributed by atoms with van der Waals surface area (Å²) in [6.07, 6.45) is 0. The van der Waals surface area contributed by atoms with Gasteiger partial charge in [0.2, 0.25) is 0 Å². The van der Waals surface area contributed by atoms with Crippen LogP contribution >= 0.6 is 0 Å². The van der Waals surface area contributed by atoms with Crippen molar-refractivity contribution >= 4 is 20.9 Å². The van der Waals surface area contributed by atoms with Crippen molar-refractivity contribution in [2.24, 2.45) is 5.14 Å². The molecule has 0 aliphatic heterocycles. The zero-order chi connectivity index (χ0) is 13.3. The van der Waals surface area contributed by atoms with Crippen molar-refractivity contribution in [3.8, 4) is 0 Å². The van der Waals surface area contributed by atoms with Gasteiger partial charge in [-0.2, -0.15) is 0 Å². The molecule has 0 bridgehead atoms. The molecule has 0 fully saturated rings. The van der Waals surface area contributed by atoms with E-state index in [0.29, 0.717) is 5.69 Å². The molecule has 5 nitrogen and oxygen atoms in total. The fourth-order valence-corrected chi connectivity index (χ4v) is 1.50. The molecule has 0 saturated heterocycles. The largest absolute Gasteiger partial charge is 0.355 e. The number of nitrogens with two attached hydrogens (primary N) is 1. The van der Waals surface area contributed by atoms with E-state index in [2.05, 4.69) is 31.2 Å². The van der Waals surface area contributed by atoms with E-state index in [-0.39, 0.29) is 5.41 Å². The summed E-state index contributed by atoms with van der Waals surface area (Å²) in [6.45, 7) is 6.18. The van der Waals surface area contributed by atoms with Gasteiger partial charge in [0.25, 0.3) is 10.0 Å². The Bertz CT molecular complexity index is 513. The van der Waals surface area contributed by atoms with Gasteiger partial charge in [-0.25, -0.2) is 13.6 Å². The van der Waals surface area contributed by atoms with Gasteiger partial charge in [-0.15, -0.1) is 0 Å². The number of carbonyl (C=O) groups is 1. The van der Waals surface area contributed by atoms with Crippen molar-refractivity contribution in [2.75, 3.05) is 5.32 Å². The monoisotopic (exact) mass is 256 g/mol. The normalized spacial score (nSPS) is 12.2. The number of hydrogen-bond donors (Lipinski definition) is 2. The number of anilines is 1. The highest BCUT2D eigenvalue weighted by Crippen LogP contribution is 2.23. The van der Waals surface area contributed by atoms with Crippen LogP contribution in [0.5, 0.6) is 0 Å². The number of amides is 1. The maximum Gasteiger partial charge on any atom is 0.355 e. The maximum atomic E-state index is 11.1. The Hall–Kier alpha value is -1.40. The second-order valence-corrected chi connectivity index (χ2v) is 6.25. The molecule has 0 unspecified atom stereocenters. The van der Waals surface area contributed by atoms with Crippen LogP contribution in [-0.2, 0) is 15.4 Å². The number of benzene rings is 1. The molecule has 1 amide bonds. The number of rotatable bonds is 1. The number of sulfonamides is 1. The predicted molar refractivity (Wildman–Crippen MR) is 67.3 cm³/mol. The molecule has 1 aromatic carbocycles. The molecule has 94 valence electrons. The highest BCUT2D eigenvalue weighted by atomic mass is 32.2. The minimum absolute atomic E-state index is 0.00246. The van der Waals surface area contributed by atoms with Crippen LogP contribution in [0.1, 0.15) is 26.3 Å². The average Bonchev–Trinajstić information content (AvgIpc) is 2.15. The van der Waals surface area contributed by atoms with Gasteiger partial charge in [0.05, 0.1) is 0 Å². The van der Waals surface area contributed by atoms with Crippen LogP contribution in [-0.4, -0.2) is 13.7 Å². The van der Waals surface area contributed by atoms with Gasteiger partial charge in [-0.3, -0.25) is 4.79 Å². The molecule has 0 spiro atoms. The summed E-state index contributed by atoms with van der Waals surface area (Å²) in [6, 6.07) is 6.95. The molecule has 3 N–H and O–H groups in total. The molecule has 0 aromatic heterocycles. The van der Waals surface area contributed by atoms with E-state index in [0.717, 1.165) is 5.56 Å². The fraction of sp³-hybridized carbons (Fsp3) is 0.364. The Labute approximate surface area is 101 Å². The molecule has 0 heterocycles. The topological polar surface area (TPSA) is 89.3 Å². The minimum Gasteiger partial charge on any atom is -0.312 e. The first kappa shape index (κ1) is 13.7. The summed E-state index contributed by atoms with van der Waals surface area (Å²) in [5, 5.41) is 5.69. The maximum absolute atomic E-state index is 11.1. The second kappa shape index (κ2) is 4.46. The molecule has 17 heavy (non-hydrogen) atoms. The Morgan fingerprint density at radius 1 is 1.18 bits per heavy atom. The predicted octanol–water partition coefficient (Wildman–Crippen LogP) is 1.80. The third-order valence-corrected chi connectivity index (χ3v) is 2.87. The molecular weight excluding hydrogens is 240 g/mol. The molecule has 0 saturated carbocycles. The van der Waals surface area contributed by atoms with Crippen LogP contribution < -0.4 is 10.5 Å². The number of nitrogens with one attached hydrogen (secondary N) is 1. The van der Waals surface area contributed by atoms with Crippen LogP contribution in [0, 0.1) is 0 Å². The Kier molecular flexibility index (Phi) is 3.59. The Morgan fingerprint density at radius 3 is 2.00 bits per heavy atom. The third-order valence-electron chi connectivity index (χ3n) is 2.26. The lowest BCUT2D eigenvalue weighted by atomic mass is 9.87. The Morgan fingerprint density at radius 2 is 1.65 bits per heavy atom. The lowest BCUT2D eigenvalue weighted by Crippen LogP contribution is -2.28. The van der Waals surface area contributed by atoms with Crippen molar-refractivity contribution in [3.05, 3.63) is 29.8 Å². The Balaban J connectivity index is 2.87. The molecule has 0 radical (unpaired) electrons. The third kappa shape index (κ3) is 3.83. The lowest BCUT2D eigenvalue weighted by molar-refractivity contribution is 0.267. The lowest BCUT2D eigenvalue weighted by Gasteiger charge is -2.19. The van der Waals surface area contributed by atoms with Crippen molar-refractivity contribution in [3.63, 3.8) is 0 Å². The number of hydrogen-bond acceptors (Lipinski definition) is 3. The van der Waals surface area contributed by atoms with Gasteiger partial charge in [0.15, 0.2) is 0 Å². The second-order valence-electron chi connectivity index (χ2n) is 4.78. The van der Waals surface area contributed by atoms with Gasteiger partial charge in [-0.1, -0.05) is 32.9 Å². The summed E-state index contributed by atoms with van der Waals surface area (Å²) in [5.74, 6) is 0. The minimum atomic E-state index is -4.19. The molecule has 1 aromatic rings. The number of primary sulfonamides is 1. The van der Waals surface area contributed by atoms with Crippen LogP contribution in [0.25, 0.3) is 0 Å². The molecular formula is C11H16N2O3S. The first-order valence-electron chi connectivity index (χ1n) is 5.05. The van der Waals surface area contributed by atoms with Crippen LogP contribution in [0.2, 0.25) is 0 Å². The summed E-state index contributed by atoms with van der Waals surface area (Å²) >= 11 is 0. The highest BCUT2D eigenvalue weighted by molar-refractivity contribution is 8.04. The van der Waals surface area contributed by atoms with E-state index >= 15 is 0 Å². The van der Waals surface area contributed by atoms with E-state index in [4.69, 9.17) is 0 Å². The average molecular weight is 256 g/mol. The van der Waals surface area contributed by atoms with E-state index in [9.17, 15) is 13.2 Å². The van der Waals surface area contributed by atoms with Crippen LogP contribution in [0.4, 0.5) is 10.5 Å². The first-order valence-corrected chi connectivity index (χ1v) is 6.59. The van der Waals surface area contributed by atoms with Crippen molar-refractivity contribution in [1.82, 2.24) is 0 Å². The van der Waals surface area contributed by atoms with Crippen molar-refractivity contribution in [1.29, 1.82) is 0 Å². The smallest absolute Gasteiger partial charge is 0.312 e. The summed E-state index contributed by atoms with van der Waals surface area (Å²) in [4.78, 5) is 11.1. The number of carbonyl (C=O) groups excluding carboxylic acids is 1. The van der Waals surface area contributed by atoms with E-state index < -0.39 is 15.3 Å². The first-order chi connectivity index (χ1) is 7.60. The van der Waals surface area contributed by atoms with Crippen molar-refractivity contribution in [2.45, 2.75) is 26.2 Å². The van der Waals surface area contributed by atoms with Crippen LogP contribution in [0.3, 0.4) is 0 Å². The van der Waals surface area contributed by atoms with Crippen molar-refractivity contribution < 1.29 is 13.2 Å². The highest BCUT2D eigenvalue weighted by Gasteiger charge is 2.17. The van der Waals surface area contributed by atoms with Gasteiger partial charge in [0.1, 0.15) is 0 Å². The standard InChI is InChI=1S/C11H16N2O3S/c1-11(2,3)8-4-6-9(7-5-8)13-10(14)17(12,15)16/h4-7H,1-3H3,(H,13,14)(H2,12,15,16). The zero-order valence-corrected chi connectivity index (χ0v) is 10.8. The van der Waals surface area contributed by atoms with Gasteiger partial charge >= 0.3 is 5.24 Å². The quantitative estimate of drug-likeness (QED) is 0.803. The molecule has 0 aliphatic rings. The molecule has 1 rings (SSSR count). The van der Waals surface area contributed by atoms with Crippen LogP contribution in [0.15, 0.2) is 24.3 Å². The molecule has 0 aliphatic carbocycles. The van der Waals surface area contributed by atoms with E-state index in [1.54, 1.807) is 12.1 Å². The van der Waals surface area contributed by atoms with Gasteiger partial charge in [0, 0.05) is 5.69 Å². The SMILES string of the molecule is CC(C)(C)c1ccc(NC(=O)S(N)(=O)=O)cc1. The zero-order valence-electron chi connectivity index (χ0n) is 10.0. The van der Waals surface area contributed by atoms with Gasteiger partial charge < -0.3 is 5.32 Å². The fourth-order valence-electron chi connectivity index (χ4n) is 1.24. The van der Waals surface area contributed by atoms with E-state index in [1.807, 2.05) is 12.1 Å². The van der Waals surface area contributed by atoms with Gasteiger partial charge in [-0.05, 0) is 23.1 Å². The molecule has 6 heteroatoms. The summed E-state index contributed by atoms with van der Waals surface area (Å²) < 4.78 is 21.5. The summed E-state index contributed by atoms with van der Waals surface area (Å²) in [5.41, 5.74) is 1.49. The summed E-state index contributed by atoms with van der Waals surface area (Å²) in [7, 11) is -4.19.